The average molecular weight is 307 g/mol. The monoisotopic (exact) mass is 306 g/mol. The van der Waals surface area contributed by atoms with Crippen molar-refractivity contribution in [2.45, 2.75) is 26.4 Å². The van der Waals surface area contributed by atoms with Gasteiger partial charge in [0.1, 0.15) is 0 Å². The van der Waals surface area contributed by atoms with Crippen molar-refractivity contribution in [3.05, 3.63) is 17.7 Å². The molecule has 1 aromatic rings. The number of nitrogens with one attached hydrogen (secondary N) is 1. The highest BCUT2D eigenvalue weighted by Crippen LogP contribution is 2.05. The largest absolute Gasteiger partial charge is 0.379 e. The Morgan fingerprint density at radius 1 is 1.40 bits per heavy atom. The van der Waals surface area contributed by atoms with E-state index in [4.69, 9.17) is 4.74 Å². The molecule has 1 saturated heterocycles. The normalized spacial score (nSPS) is 16.1. The predicted octanol–water partition coefficient (Wildman–Crippen LogP) is 1.28. The average Bonchev–Trinajstić information content (AvgIpc) is 2.80. The van der Waals surface area contributed by atoms with Crippen LogP contribution in [0.15, 0.2) is 6.20 Å². The van der Waals surface area contributed by atoms with Gasteiger partial charge in [-0.25, -0.2) is 4.68 Å². The highest BCUT2D eigenvalue weighted by atomic mass is 35.5. The second-order valence-corrected chi connectivity index (χ2v) is 4.76. The van der Waals surface area contributed by atoms with Gasteiger partial charge in [0.2, 0.25) is 5.95 Å². The maximum atomic E-state index is 13.7. The Kier molecular flexibility index (Phi) is 8.06. The number of rotatable bonds is 7. The molecule has 1 aliphatic heterocycles. The standard InChI is InChI=1S/C13H23FN4O.ClH/c1-2-18-13(14)12(11-16-18)10-15-4-3-5-17-6-8-19-9-7-17;/h11,15H,2-10H2,1H3;1H. The van der Waals surface area contributed by atoms with E-state index in [9.17, 15) is 4.39 Å². The molecule has 1 aliphatic rings. The third-order valence-electron chi connectivity index (χ3n) is 3.39. The lowest BCUT2D eigenvalue weighted by Crippen LogP contribution is -2.37. The Morgan fingerprint density at radius 3 is 2.80 bits per heavy atom. The number of hydrogen-bond acceptors (Lipinski definition) is 4. The molecule has 5 nitrogen and oxygen atoms in total. The third-order valence-corrected chi connectivity index (χ3v) is 3.39. The summed E-state index contributed by atoms with van der Waals surface area (Å²) in [5.41, 5.74) is 0.647. The minimum Gasteiger partial charge on any atom is -0.379 e. The van der Waals surface area contributed by atoms with Crippen molar-refractivity contribution in [1.29, 1.82) is 0 Å². The molecule has 2 heterocycles. The van der Waals surface area contributed by atoms with Crippen LogP contribution in [0.3, 0.4) is 0 Å². The molecule has 7 heteroatoms. The van der Waals surface area contributed by atoms with Crippen LogP contribution >= 0.6 is 12.4 Å². The smallest absolute Gasteiger partial charge is 0.215 e. The minimum absolute atomic E-state index is 0. The molecule has 1 fully saturated rings. The fraction of sp³-hybridized carbons (Fsp3) is 0.769. The van der Waals surface area contributed by atoms with Crippen LogP contribution in [0, 0.1) is 5.95 Å². The zero-order chi connectivity index (χ0) is 13.5. The predicted molar refractivity (Wildman–Crippen MR) is 78.7 cm³/mol. The van der Waals surface area contributed by atoms with E-state index >= 15 is 0 Å². The van der Waals surface area contributed by atoms with Gasteiger partial charge in [-0.1, -0.05) is 0 Å². The lowest BCUT2D eigenvalue weighted by molar-refractivity contribution is 0.0374. The Hall–Kier alpha value is -0.690. The van der Waals surface area contributed by atoms with E-state index in [-0.39, 0.29) is 18.4 Å². The SMILES string of the molecule is CCn1ncc(CNCCCN2CCOCC2)c1F.Cl. The zero-order valence-electron chi connectivity index (χ0n) is 12.0. The molecule has 0 amide bonds. The van der Waals surface area contributed by atoms with Crippen LogP contribution in [-0.4, -0.2) is 54.1 Å². The molecule has 0 radical (unpaired) electrons. The van der Waals surface area contributed by atoms with E-state index in [1.54, 1.807) is 6.20 Å². The van der Waals surface area contributed by atoms with Crippen LogP contribution in [0.4, 0.5) is 4.39 Å². The Balaban J connectivity index is 0.00000200. The molecular formula is C13H24ClFN4O. The number of halogens is 2. The van der Waals surface area contributed by atoms with Crippen molar-refractivity contribution in [2.24, 2.45) is 0 Å². The number of aromatic nitrogens is 2. The number of morpholine rings is 1. The van der Waals surface area contributed by atoms with Crippen molar-refractivity contribution in [1.82, 2.24) is 20.0 Å². The van der Waals surface area contributed by atoms with Crippen molar-refractivity contribution < 1.29 is 9.13 Å². The molecule has 0 spiro atoms. The van der Waals surface area contributed by atoms with E-state index in [0.717, 1.165) is 45.8 Å². The number of hydrogen-bond donors (Lipinski definition) is 1. The first-order valence-electron chi connectivity index (χ1n) is 7.02. The van der Waals surface area contributed by atoms with E-state index < -0.39 is 0 Å². The molecule has 0 aliphatic carbocycles. The van der Waals surface area contributed by atoms with E-state index in [2.05, 4.69) is 15.3 Å². The molecule has 20 heavy (non-hydrogen) atoms. The van der Waals surface area contributed by atoms with Gasteiger partial charge in [-0.2, -0.15) is 9.49 Å². The van der Waals surface area contributed by atoms with Crippen LogP contribution in [0.5, 0.6) is 0 Å². The Morgan fingerprint density at radius 2 is 2.15 bits per heavy atom. The lowest BCUT2D eigenvalue weighted by Gasteiger charge is -2.26. The summed E-state index contributed by atoms with van der Waals surface area (Å²) in [5, 5.41) is 7.25. The van der Waals surface area contributed by atoms with Crippen LogP contribution in [-0.2, 0) is 17.8 Å². The van der Waals surface area contributed by atoms with Gasteiger partial charge >= 0.3 is 0 Å². The van der Waals surface area contributed by atoms with Crippen molar-refractivity contribution in [3.63, 3.8) is 0 Å². The van der Waals surface area contributed by atoms with Gasteiger partial charge < -0.3 is 10.1 Å². The second-order valence-electron chi connectivity index (χ2n) is 4.76. The zero-order valence-corrected chi connectivity index (χ0v) is 12.8. The van der Waals surface area contributed by atoms with Gasteiger partial charge in [0.05, 0.1) is 19.4 Å². The van der Waals surface area contributed by atoms with Crippen molar-refractivity contribution >= 4 is 12.4 Å². The molecule has 1 aromatic heterocycles. The topological polar surface area (TPSA) is 42.3 Å². The summed E-state index contributed by atoms with van der Waals surface area (Å²) < 4.78 is 20.4. The third kappa shape index (κ3) is 5.01. The molecule has 1 N–H and O–H groups in total. The second kappa shape index (κ2) is 9.28. The van der Waals surface area contributed by atoms with Crippen LogP contribution in [0.2, 0.25) is 0 Å². The van der Waals surface area contributed by atoms with E-state index in [1.165, 1.54) is 4.68 Å². The van der Waals surface area contributed by atoms with Gasteiger partial charge in [-0.05, 0) is 26.4 Å². The summed E-state index contributed by atoms with van der Waals surface area (Å²) in [4.78, 5) is 2.40. The molecule has 0 bridgehead atoms. The fourth-order valence-corrected chi connectivity index (χ4v) is 2.22. The molecule has 0 atom stereocenters. The van der Waals surface area contributed by atoms with Gasteiger partial charge in [-0.3, -0.25) is 4.90 Å². The highest BCUT2D eigenvalue weighted by Gasteiger charge is 2.10. The number of ether oxygens (including phenoxy) is 1. The molecule has 0 aromatic carbocycles. The van der Waals surface area contributed by atoms with Gasteiger partial charge in [0.25, 0.3) is 0 Å². The number of aryl methyl sites for hydroxylation is 1. The quantitative estimate of drug-likeness (QED) is 0.771. The Bertz CT molecular complexity index is 382. The summed E-state index contributed by atoms with van der Waals surface area (Å²) >= 11 is 0. The molecule has 0 unspecified atom stereocenters. The molecule has 2 rings (SSSR count). The first kappa shape index (κ1) is 17.4. The van der Waals surface area contributed by atoms with Crippen LogP contribution in [0.25, 0.3) is 0 Å². The highest BCUT2D eigenvalue weighted by molar-refractivity contribution is 5.85. The van der Waals surface area contributed by atoms with Gasteiger partial charge in [0, 0.05) is 31.7 Å². The number of nitrogens with zero attached hydrogens (tertiary/aromatic N) is 3. The minimum atomic E-state index is -0.219. The summed E-state index contributed by atoms with van der Waals surface area (Å²) in [6, 6.07) is 0. The maximum absolute atomic E-state index is 13.7. The fourth-order valence-electron chi connectivity index (χ4n) is 2.22. The maximum Gasteiger partial charge on any atom is 0.215 e. The van der Waals surface area contributed by atoms with E-state index in [0.29, 0.717) is 18.7 Å². The molecule has 0 saturated carbocycles. The molecular weight excluding hydrogens is 283 g/mol. The summed E-state index contributed by atoms with van der Waals surface area (Å²) in [6.07, 6.45) is 2.68. The lowest BCUT2D eigenvalue weighted by atomic mass is 10.3. The summed E-state index contributed by atoms with van der Waals surface area (Å²) in [5.74, 6) is -0.219. The van der Waals surface area contributed by atoms with Crippen molar-refractivity contribution in [2.75, 3.05) is 39.4 Å². The van der Waals surface area contributed by atoms with Crippen LogP contribution < -0.4 is 5.32 Å². The van der Waals surface area contributed by atoms with E-state index in [1.807, 2.05) is 6.92 Å². The van der Waals surface area contributed by atoms with Gasteiger partial charge in [-0.15, -0.1) is 12.4 Å². The first-order chi connectivity index (χ1) is 9.31. The Labute approximate surface area is 125 Å². The molecule has 116 valence electrons. The van der Waals surface area contributed by atoms with Crippen molar-refractivity contribution in [3.8, 4) is 0 Å². The first-order valence-corrected chi connectivity index (χ1v) is 7.02. The van der Waals surface area contributed by atoms with Crippen LogP contribution in [0.1, 0.15) is 18.9 Å². The summed E-state index contributed by atoms with van der Waals surface area (Å²) in [6.45, 7) is 8.72. The van der Waals surface area contributed by atoms with Gasteiger partial charge in [0.15, 0.2) is 0 Å². The summed E-state index contributed by atoms with van der Waals surface area (Å²) in [7, 11) is 0.